The summed E-state index contributed by atoms with van der Waals surface area (Å²) in [6.07, 6.45) is 3.94. The minimum Gasteiger partial charge on any atom is -0.331 e. The van der Waals surface area contributed by atoms with Crippen molar-refractivity contribution in [2.75, 3.05) is 0 Å². The zero-order valence-corrected chi connectivity index (χ0v) is 9.09. The van der Waals surface area contributed by atoms with Gasteiger partial charge in [-0.15, -0.1) is 0 Å². The van der Waals surface area contributed by atoms with E-state index in [1.807, 2.05) is 4.57 Å². The number of nitro groups is 1. The summed E-state index contributed by atoms with van der Waals surface area (Å²) in [4.78, 5) is 14.4. The lowest BCUT2D eigenvalue weighted by Crippen LogP contribution is -1.95. The van der Waals surface area contributed by atoms with Gasteiger partial charge >= 0.3 is 0 Å². The molecule has 0 atom stereocenters. The predicted molar refractivity (Wildman–Crippen MR) is 61.3 cm³/mol. The van der Waals surface area contributed by atoms with E-state index in [-0.39, 0.29) is 5.69 Å². The topological polar surface area (TPSA) is 61.0 Å². The largest absolute Gasteiger partial charge is 0.331 e. The van der Waals surface area contributed by atoms with Gasteiger partial charge in [-0.1, -0.05) is 13.3 Å². The molecule has 2 rings (SSSR count). The number of aryl methyl sites for hydroxylation is 1. The quantitative estimate of drug-likeness (QED) is 0.586. The Balaban J connectivity index is 2.38. The van der Waals surface area contributed by atoms with Gasteiger partial charge in [-0.05, 0) is 12.5 Å². The summed E-state index contributed by atoms with van der Waals surface area (Å²) < 4.78 is 2.03. The molecule has 1 aromatic carbocycles. The van der Waals surface area contributed by atoms with E-state index >= 15 is 0 Å². The highest BCUT2D eigenvalue weighted by atomic mass is 16.6. The first-order valence-corrected chi connectivity index (χ1v) is 5.31. The molecule has 84 valence electrons. The van der Waals surface area contributed by atoms with Gasteiger partial charge in [-0.2, -0.15) is 0 Å². The lowest BCUT2D eigenvalue weighted by Gasteiger charge is -2.01. The Hall–Kier alpha value is -1.91. The first-order valence-electron chi connectivity index (χ1n) is 5.31. The Morgan fingerprint density at radius 1 is 1.50 bits per heavy atom. The van der Waals surface area contributed by atoms with Gasteiger partial charge in [0.1, 0.15) is 0 Å². The number of imidazole rings is 1. The van der Waals surface area contributed by atoms with Gasteiger partial charge in [0.05, 0.1) is 22.3 Å². The van der Waals surface area contributed by atoms with Gasteiger partial charge in [0.25, 0.3) is 5.69 Å². The predicted octanol–water partition coefficient (Wildman–Crippen LogP) is 2.74. The number of non-ortho nitro benzene ring substituents is 1. The van der Waals surface area contributed by atoms with Crippen LogP contribution in [0.1, 0.15) is 19.8 Å². The van der Waals surface area contributed by atoms with Crippen molar-refractivity contribution in [1.29, 1.82) is 0 Å². The SMILES string of the molecule is CCCCn1cnc2cc([N+](=O)[O-])ccc21. The van der Waals surface area contributed by atoms with Crippen LogP contribution in [0, 0.1) is 10.1 Å². The van der Waals surface area contributed by atoms with E-state index in [1.54, 1.807) is 12.4 Å². The maximum Gasteiger partial charge on any atom is 0.271 e. The normalized spacial score (nSPS) is 10.8. The number of benzene rings is 1. The highest BCUT2D eigenvalue weighted by molar-refractivity contribution is 5.77. The van der Waals surface area contributed by atoms with Crippen LogP contribution in [0.2, 0.25) is 0 Å². The van der Waals surface area contributed by atoms with Crippen molar-refractivity contribution >= 4 is 16.7 Å². The molecule has 0 unspecified atom stereocenters. The third-order valence-corrected chi connectivity index (χ3v) is 2.57. The molecule has 0 saturated carbocycles. The van der Waals surface area contributed by atoms with E-state index in [1.165, 1.54) is 12.1 Å². The standard InChI is InChI=1S/C11H13N3O2/c1-2-3-6-13-8-12-10-7-9(14(15)16)4-5-11(10)13/h4-5,7-8H,2-3,6H2,1H3. The zero-order valence-electron chi connectivity index (χ0n) is 9.09. The summed E-state index contributed by atoms with van der Waals surface area (Å²) in [5.41, 5.74) is 1.73. The van der Waals surface area contributed by atoms with E-state index < -0.39 is 4.92 Å². The Morgan fingerprint density at radius 3 is 3.00 bits per heavy atom. The first kappa shape index (κ1) is 10.6. The summed E-state index contributed by atoms with van der Waals surface area (Å²) in [5, 5.41) is 10.6. The molecule has 0 aliphatic rings. The van der Waals surface area contributed by atoms with Crippen molar-refractivity contribution in [2.24, 2.45) is 0 Å². The second kappa shape index (κ2) is 4.30. The van der Waals surface area contributed by atoms with Crippen LogP contribution in [0.15, 0.2) is 24.5 Å². The highest BCUT2D eigenvalue weighted by Crippen LogP contribution is 2.19. The van der Waals surface area contributed by atoms with E-state index in [2.05, 4.69) is 11.9 Å². The van der Waals surface area contributed by atoms with Crippen molar-refractivity contribution in [1.82, 2.24) is 9.55 Å². The van der Waals surface area contributed by atoms with Crippen LogP contribution in [-0.4, -0.2) is 14.5 Å². The molecule has 0 spiro atoms. The van der Waals surface area contributed by atoms with Gasteiger partial charge in [0.2, 0.25) is 0 Å². The Kier molecular flexibility index (Phi) is 2.85. The van der Waals surface area contributed by atoms with Crippen molar-refractivity contribution in [2.45, 2.75) is 26.3 Å². The fourth-order valence-electron chi connectivity index (χ4n) is 1.67. The lowest BCUT2D eigenvalue weighted by molar-refractivity contribution is -0.384. The average molecular weight is 219 g/mol. The summed E-state index contributed by atoms with van der Waals surface area (Å²) in [5.74, 6) is 0. The molecule has 1 aromatic heterocycles. The van der Waals surface area contributed by atoms with E-state index in [9.17, 15) is 10.1 Å². The van der Waals surface area contributed by atoms with E-state index in [0.717, 1.165) is 24.9 Å². The number of nitro benzene ring substituents is 1. The van der Waals surface area contributed by atoms with Crippen LogP contribution in [0.25, 0.3) is 11.0 Å². The zero-order chi connectivity index (χ0) is 11.5. The molecule has 2 aromatic rings. The molecule has 0 radical (unpaired) electrons. The lowest BCUT2D eigenvalue weighted by atomic mass is 10.2. The van der Waals surface area contributed by atoms with Crippen LogP contribution in [-0.2, 0) is 6.54 Å². The number of fused-ring (bicyclic) bond motifs is 1. The Morgan fingerprint density at radius 2 is 2.31 bits per heavy atom. The third-order valence-electron chi connectivity index (χ3n) is 2.57. The Bertz CT molecular complexity index is 519. The van der Waals surface area contributed by atoms with E-state index in [0.29, 0.717) is 5.52 Å². The van der Waals surface area contributed by atoms with Crippen LogP contribution in [0.4, 0.5) is 5.69 Å². The first-order chi connectivity index (χ1) is 7.72. The van der Waals surface area contributed by atoms with Gasteiger partial charge < -0.3 is 4.57 Å². The minimum absolute atomic E-state index is 0.0910. The summed E-state index contributed by atoms with van der Waals surface area (Å²) in [7, 11) is 0. The molecule has 0 saturated heterocycles. The van der Waals surface area contributed by atoms with Gasteiger partial charge in [-0.25, -0.2) is 4.98 Å². The molecule has 0 bridgehead atoms. The number of rotatable bonds is 4. The average Bonchev–Trinajstić information content (AvgIpc) is 2.68. The number of hydrogen-bond acceptors (Lipinski definition) is 3. The van der Waals surface area contributed by atoms with Crippen LogP contribution in [0.3, 0.4) is 0 Å². The molecule has 5 heteroatoms. The molecule has 0 fully saturated rings. The number of unbranched alkanes of at least 4 members (excludes halogenated alkanes) is 1. The number of aromatic nitrogens is 2. The summed E-state index contributed by atoms with van der Waals surface area (Å²) >= 11 is 0. The van der Waals surface area contributed by atoms with Crippen molar-refractivity contribution in [3.05, 3.63) is 34.6 Å². The van der Waals surface area contributed by atoms with Crippen molar-refractivity contribution in [3.8, 4) is 0 Å². The van der Waals surface area contributed by atoms with Crippen molar-refractivity contribution < 1.29 is 4.92 Å². The molecule has 1 heterocycles. The van der Waals surface area contributed by atoms with Crippen molar-refractivity contribution in [3.63, 3.8) is 0 Å². The molecule has 5 nitrogen and oxygen atoms in total. The van der Waals surface area contributed by atoms with Crippen LogP contribution < -0.4 is 0 Å². The van der Waals surface area contributed by atoms with Gasteiger partial charge in [0, 0.05) is 18.7 Å². The van der Waals surface area contributed by atoms with Crippen LogP contribution in [0.5, 0.6) is 0 Å². The maximum absolute atomic E-state index is 10.6. The molecule has 0 amide bonds. The smallest absolute Gasteiger partial charge is 0.271 e. The number of nitrogens with zero attached hydrogens (tertiary/aromatic N) is 3. The second-order valence-electron chi connectivity index (χ2n) is 3.72. The minimum atomic E-state index is -0.398. The molecule has 0 N–H and O–H groups in total. The maximum atomic E-state index is 10.6. The monoisotopic (exact) mass is 219 g/mol. The molecule has 0 aliphatic heterocycles. The summed E-state index contributed by atoms with van der Waals surface area (Å²) in [6.45, 7) is 3.04. The fourth-order valence-corrected chi connectivity index (χ4v) is 1.67. The second-order valence-corrected chi connectivity index (χ2v) is 3.72. The fraction of sp³-hybridized carbons (Fsp3) is 0.364. The van der Waals surface area contributed by atoms with Gasteiger partial charge in [-0.3, -0.25) is 10.1 Å². The van der Waals surface area contributed by atoms with Crippen LogP contribution >= 0.6 is 0 Å². The molecular formula is C11H13N3O2. The molecular weight excluding hydrogens is 206 g/mol. The van der Waals surface area contributed by atoms with Gasteiger partial charge in [0.15, 0.2) is 0 Å². The summed E-state index contributed by atoms with van der Waals surface area (Å²) in [6, 6.07) is 4.79. The highest BCUT2D eigenvalue weighted by Gasteiger charge is 2.09. The van der Waals surface area contributed by atoms with E-state index in [4.69, 9.17) is 0 Å². The molecule has 0 aliphatic carbocycles. The Labute approximate surface area is 92.9 Å². The third kappa shape index (κ3) is 1.88. The number of hydrogen-bond donors (Lipinski definition) is 0. The molecule has 16 heavy (non-hydrogen) atoms.